The summed E-state index contributed by atoms with van der Waals surface area (Å²) in [6.07, 6.45) is 10.9. The Hall–Kier alpha value is -1.68. The van der Waals surface area contributed by atoms with Crippen LogP contribution in [-0.2, 0) is 20.7 Å². The van der Waals surface area contributed by atoms with Gasteiger partial charge in [0.05, 0.1) is 12.6 Å². The van der Waals surface area contributed by atoms with Gasteiger partial charge in [-0.05, 0) is 18.4 Å². The van der Waals surface area contributed by atoms with Crippen molar-refractivity contribution < 1.29 is 14.3 Å². The van der Waals surface area contributed by atoms with Crippen LogP contribution in [0.15, 0.2) is 30.3 Å². The van der Waals surface area contributed by atoms with E-state index >= 15 is 0 Å². The molecule has 0 aromatic heterocycles. The summed E-state index contributed by atoms with van der Waals surface area (Å²) in [5, 5.41) is 0. The maximum Gasteiger partial charge on any atom is 0.225 e. The zero-order valence-electron chi connectivity index (χ0n) is 16.1. The summed E-state index contributed by atoms with van der Waals surface area (Å²) >= 11 is 0. The number of unbranched alkanes of at least 4 members (excludes halogenated alkanes) is 7. The largest absolute Gasteiger partial charge is 0.349 e. The molecule has 2 atom stereocenters. The fourth-order valence-corrected chi connectivity index (χ4v) is 3.61. The molecule has 4 nitrogen and oxygen atoms in total. The second kappa shape index (κ2) is 11.8. The van der Waals surface area contributed by atoms with Crippen LogP contribution in [0.5, 0.6) is 0 Å². The molecule has 26 heavy (non-hydrogen) atoms. The van der Waals surface area contributed by atoms with Crippen molar-refractivity contribution in [3.63, 3.8) is 0 Å². The molecular weight excluding hydrogens is 326 g/mol. The molecule has 0 aliphatic carbocycles. The Kier molecular flexibility index (Phi) is 9.40. The van der Waals surface area contributed by atoms with Crippen LogP contribution in [0.4, 0.5) is 0 Å². The molecule has 144 valence electrons. The van der Waals surface area contributed by atoms with Crippen molar-refractivity contribution in [1.82, 2.24) is 4.90 Å². The lowest BCUT2D eigenvalue weighted by Gasteiger charge is -2.26. The van der Waals surface area contributed by atoms with Gasteiger partial charge >= 0.3 is 0 Å². The Morgan fingerprint density at radius 1 is 1.08 bits per heavy atom. The van der Waals surface area contributed by atoms with Crippen molar-refractivity contribution in [1.29, 1.82) is 0 Å². The Morgan fingerprint density at radius 3 is 2.38 bits per heavy atom. The molecule has 0 spiro atoms. The second-order valence-corrected chi connectivity index (χ2v) is 7.23. The predicted octanol–water partition coefficient (Wildman–Crippen LogP) is 4.51. The lowest BCUT2D eigenvalue weighted by atomic mass is 10.0. The lowest BCUT2D eigenvalue weighted by Crippen LogP contribution is -2.43. The van der Waals surface area contributed by atoms with Gasteiger partial charge in [-0.1, -0.05) is 82.2 Å². The first-order valence-electron chi connectivity index (χ1n) is 10.2. The molecule has 0 N–H and O–H groups in total. The smallest absolute Gasteiger partial charge is 0.225 e. The number of hydrogen-bond donors (Lipinski definition) is 0. The highest BCUT2D eigenvalue weighted by Gasteiger charge is 2.37. The number of amides is 1. The molecule has 1 fully saturated rings. The van der Waals surface area contributed by atoms with E-state index in [1.165, 1.54) is 38.5 Å². The quantitative estimate of drug-likeness (QED) is 0.407. The van der Waals surface area contributed by atoms with Crippen molar-refractivity contribution in [3.8, 4) is 0 Å². The topological polar surface area (TPSA) is 46.6 Å². The van der Waals surface area contributed by atoms with E-state index in [4.69, 9.17) is 4.74 Å². The molecule has 0 bridgehead atoms. The van der Waals surface area contributed by atoms with Gasteiger partial charge in [-0.15, -0.1) is 0 Å². The molecule has 2 unspecified atom stereocenters. The molecule has 0 radical (unpaired) electrons. The van der Waals surface area contributed by atoms with Crippen molar-refractivity contribution in [2.24, 2.45) is 0 Å². The third-order valence-electron chi connectivity index (χ3n) is 5.09. The minimum Gasteiger partial charge on any atom is -0.349 e. The van der Waals surface area contributed by atoms with Gasteiger partial charge in [-0.25, -0.2) is 0 Å². The van der Waals surface area contributed by atoms with Gasteiger partial charge in [0.2, 0.25) is 5.91 Å². The van der Waals surface area contributed by atoms with Crippen LogP contribution in [-0.4, -0.2) is 36.0 Å². The van der Waals surface area contributed by atoms with Crippen LogP contribution < -0.4 is 0 Å². The Bertz CT molecular complexity index is 531. The number of carbonyl (C=O) groups is 2. The van der Waals surface area contributed by atoms with Gasteiger partial charge in [-0.3, -0.25) is 9.59 Å². The minimum atomic E-state index is -0.717. The zero-order chi connectivity index (χ0) is 18.6. The molecular formula is C22H33NO3. The Morgan fingerprint density at radius 2 is 1.73 bits per heavy atom. The van der Waals surface area contributed by atoms with Crippen LogP contribution >= 0.6 is 0 Å². The number of hydrogen-bond acceptors (Lipinski definition) is 3. The average Bonchev–Trinajstić information content (AvgIpc) is 3.07. The molecule has 0 saturated carbocycles. The van der Waals surface area contributed by atoms with E-state index in [-0.39, 0.29) is 11.9 Å². The second-order valence-electron chi connectivity index (χ2n) is 7.23. The SMILES string of the molecule is CCCCCCCCCCC(=O)N1C(Cc2ccccc2)COC1C=O. The summed E-state index contributed by atoms with van der Waals surface area (Å²) in [5.74, 6) is 0.0477. The van der Waals surface area contributed by atoms with E-state index in [0.29, 0.717) is 13.0 Å². The highest BCUT2D eigenvalue weighted by atomic mass is 16.5. The number of rotatable bonds is 12. The third-order valence-corrected chi connectivity index (χ3v) is 5.09. The zero-order valence-corrected chi connectivity index (χ0v) is 16.1. The van der Waals surface area contributed by atoms with Gasteiger partial charge < -0.3 is 9.64 Å². The van der Waals surface area contributed by atoms with E-state index in [9.17, 15) is 9.59 Å². The summed E-state index contributed by atoms with van der Waals surface area (Å²) in [5.41, 5.74) is 1.16. The first kappa shape index (κ1) is 20.6. The lowest BCUT2D eigenvalue weighted by molar-refractivity contribution is -0.142. The van der Waals surface area contributed by atoms with Crippen LogP contribution in [0.3, 0.4) is 0 Å². The molecule has 1 heterocycles. The van der Waals surface area contributed by atoms with E-state index in [1.54, 1.807) is 4.90 Å². The normalized spacial score (nSPS) is 19.7. The Labute approximate surface area is 157 Å². The van der Waals surface area contributed by atoms with Gasteiger partial charge in [0.1, 0.15) is 0 Å². The van der Waals surface area contributed by atoms with E-state index in [2.05, 4.69) is 19.1 Å². The molecule has 1 aromatic rings. The number of carbonyl (C=O) groups excluding carboxylic acids is 2. The summed E-state index contributed by atoms with van der Waals surface area (Å²) in [6.45, 7) is 2.66. The van der Waals surface area contributed by atoms with E-state index in [0.717, 1.165) is 31.1 Å². The van der Waals surface area contributed by atoms with E-state index < -0.39 is 6.23 Å². The van der Waals surface area contributed by atoms with Crippen molar-refractivity contribution >= 4 is 12.2 Å². The Balaban J connectivity index is 1.75. The molecule has 1 amide bonds. The third kappa shape index (κ3) is 6.56. The van der Waals surface area contributed by atoms with Gasteiger partial charge in [0.15, 0.2) is 12.5 Å². The number of aldehydes is 1. The average molecular weight is 360 g/mol. The summed E-state index contributed by atoms with van der Waals surface area (Å²) in [7, 11) is 0. The maximum absolute atomic E-state index is 12.7. The molecule has 1 aliphatic rings. The van der Waals surface area contributed by atoms with Crippen LogP contribution in [0.1, 0.15) is 70.3 Å². The summed E-state index contributed by atoms with van der Waals surface area (Å²) < 4.78 is 5.54. The van der Waals surface area contributed by atoms with Crippen molar-refractivity contribution in [3.05, 3.63) is 35.9 Å². The minimum absolute atomic E-state index is 0.0471. The van der Waals surface area contributed by atoms with Gasteiger partial charge in [-0.2, -0.15) is 0 Å². The highest BCUT2D eigenvalue weighted by Crippen LogP contribution is 2.22. The highest BCUT2D eigenvalue weighted by molar-refractivity contribution is 5.80. The van der Waals surface area contributed by atoms with Gasteiger partial charge in [0.25, 0.3) is 0 Å². The molecule has 1 saturated heterocycles. The van der Waals surface area contributed by atoms with Crippen LogP contribution in [0, 0.1) is 0 Å². The first-order chi connectivity index (χ1) is 12.8. The van der Waals surface area contributed by atoms with Crippen LogP contribution in [0.25, 0.3) is 0 Å². The van der Waals surface area contributed by atoms with Crippen molar-refractivity contribution in [2.45, 2.75) is 83.4 Å². The van der Waals surface area contributed by atoms with Gasteiger partial charge in [0, 0.05) is 6.42 Å². The monoisotopic (exact) mass is 359 g/mol. The number of benzene rings is 1. The molecule has 4 heteroatoms. The van der Waals surface area contributed by atoms with E-state index in [1.807, 2.05) is 18.2 Å². The summed E-state index contributed by atoms with van der Waals surface area (Å²) in [6, 6.07) is 10.0. The first-order valence-corrected chi connectivity index (χ1v) is 10.2. The molecule has 1 aromatic carbocycles. The molecule has 1 aliphatic heterocycles. The fraction of sp³-hybridized carbons (Fsp3) is 0.636. The molecule has 2 rings (SSSR count). The standard InChI is InChI=1S/C22H33NO3/c1-2-3-4-5-6-7-8-12-15-21(25)23-20(18-26-22(23)17-24)16-19-13-10-9-11-14-19/h9-11,13-14,17,20,22H,2-8,12,15-16,18H2,1H3. The number of ether oxygens (including phenoxy) is 1. The van der Waals surface area contributed by atoms with Crippen molar-refractivity contribution in [2.75, 3.05) is 6.61 Å². The summed E-state index contributed by atoms with van der Waals surface area (Å²) in [4.78, 5) is 25.6. The van der Waals surface area contributed by atoms with Crippen LogP contribution in [0.2, 0.25) is 0 Å². The fourth-order valence-electron chi connectivity index (χ4n) is 3.61. The maximum atomic E-state index is 12.7. The number of nitrogens with zero attached hydrogens (tertiary/aromatic N) is 1. The predicted molar refractivity (Wildman–Crippen MR) is 104 cm³/mol.